The van der Waals surface area contributed by atoms with Gasteiger partial charge in [-0.1, -0.05) is 5.17 Å². The predicted molar refractivity (Wildman–Crippen MR) is 84.5 cm³/mol. The molecule has 21 heavy (non-hydrogen) atoms. The highest BCUT2D eigenvalue weighted by Crippen LogP contribution is 2.15. The molecule has 1 aliphatic rings. The van der Waals surface area contributed by atoms with E-state index in [2.05, 4.69) is 26.7 Å². The number of aliphatic imine (C=N–C) groups is 1. The number of thioether (sulfide) groups is 1. The Morgan fingerprint density at radius 2 is 2.24 bits per heavy atom. The van der Waals surface area contributed by atoms with Crippen molar-refractivity contribution in [2.24, 2.45) is 4.99 Å². The highest BCUT2D eigenvalue weighted by molar-refractivity contribution is 7.98. The van der Waals surface area contributed by atoms with E-state index < -0.39 is 0 Å². The van der Waals surface area contributed by atoms with Gasteiger partial charge in [0.2, 0.25) is 0 Å². The van der Waals surface area contributed by atoms with Crippen molar-refractivity contribution in [3.63, 3.8) is 0 Å². The number of amidine groups is 1. The molecular weight excluding hydrogens is 290 g/mol. The molecule has 0 bridgehead atoms. The highest BCUT2D eigenvalue weighted by atomic mass is 32.2. The van der Waals surface area contributed by atoms with Crippen molar-refractivity contribution >= 4 is 17.8 Å². The molecule has 0 aliphatic carbocycles. The third kappa shape index (κ3) is 5.58. The normalized spacial score (nSPS) is 17.4. The minimum Gasteiger partial charge on any atom is -0.464 e. The zero-order chi connectivity index (χ0) is 15.1. The van der Waals surface area contributed by atoms with Crippen LogP contribution in [-0.4, -0.2) is 56.2 Å². The van der Waals surface area contributed by atoms with Crippen molar-refractivity contribution in [3.05, 3.63) is 23.7 Å². The molecule has 2 heterocycles. The minimum absolute atomic E-state index is 0.541. The number of hydrogen-bond acceptors (Lipinski definition) is 7. The van der Waals surface area contributed by atoms with Gasteiger partial charge in [-0.3, -0.25) is 0 Å². The van der Waals surface area contributed by atoms with Gasteiger partial charge in [-0.25, -0.2) is 10.4 Å². The summed E-state index contributed by atoms with van der Waals surface area (Å²) in [6, 6.07) is 4.64. The van der Waals surface area contributed by atoms with E-state index in [0.717, 1.165) is 36.1 Å². The van der Waals surface area contributed by atoms with E-state index in [0.29, 0.717) is 12.7 Å². The van der Waals surface area contributed by atoms with Gasteiger partial charge in [0.15, 0.2) is 0 Å². The Morgan fingerprint density at radius 1 is 1.43 bits per heavy atom. The van der Waals surface area contributed by atoms with Crippen LogP contribution in [0, 0.1) is 0 Å². The molecular formula is C13H23N5O2S. The molecule has 7 nitrogen and oxygen atoms in total. The topological polar surface area (TPSA) is 65.3 Å². The first kappa shape index (κ1) is 16.2. The van der Waals surface area contributed by atoms with Crippen LogP contribution in [0.15, 0.2) is 21.5 Å². The summed E-state index contributed by atoms with van der Waals surface area (Å²) in [5.74, 6) is 3.89. The average molecular weight is 313 g/mol. The number of nitrogens with zero attached hydrogens (tertiary/aromatic N) is 3. The monoisotopic (exact) mass is 313 g/mol. The SMILES string of the molecule is CN=C1NCN(NCCSCc2ccc(CN(C)C)o2)O1. The predicted octanol–water partition coefficient (Wildman–Crippen LogP) is 0.859. The summed E-state index contributed by atoms with van der Waals surface area (Å²) in [6.45, 7) is 2.27. The molecule has 1 aromatic heterocycles. The Bertz CT molecular complexity index is 463. The van der Waals surface area contributed by atoms with Gasteiger partial charge < -0.3 is 19.5 Å². The molecule has 0 amide bonds. The van der Waals surface area contributed by atoms with E-state index in [4.69, 9.17) is 9.25 Å². The molecule has 0 unspecified atom stereocenters. The van der Waals surface area contributed by atoms with Gasteiger partial charge in [-0.05, 0) is 26.2 Å². The van der Waals surface area contributed by atoms with Gasteiger partial charge in [-0.15, -0.1) is 0 Å². The molecule has 0 aromatic carbocycles. The summed E-state index contributed by atoms with van der Waals surface area (Å²) in [5.41, 5.74) is 3.17. The summed E-state index contributed by atoms with van der Waals surface area (Å²) >= 11 is 1.83. The maximum atomic E-state index is 5.76. The van der Waals surface area contributed by atoms with Crippen LogP contribution in [0.4, 0.5) is 0 Å². The number of hydroxylamine groups is 1. The van der Waals surface area contributed by atoms with Crippen LogP contribution >= 0.6 is 11.8 Å². The van der Waals surface area contributed by atoms with E-state index in [1.807, 2.05) is 31.9 Å². The first-order valence-electron chi connectivity index (χ1n) is 6.87. The van der Waals surface area contributed by atoms with Crippen molar-refractivity contribution in [2.75, 3.05) is 40.1 Å². The lowest BCUT2D eigenvalue weighted by atomic mass is 10.4. The lowest BCUT2D eigenvalue weighted by Crippen LogP contribution is -2.37. The minimum atomic E-state index is 0.541. The molecule has 8 heteroatoms. The van der Waals surface area contributed by atoms with Gasteiger partial charge in [0.05, 0.1) is 12.3 Å². The number of furan rings is 1. The van der Waals surface area contributed by atoms with Crippen molar-refractivity contribution < 1.29 is 9.25 Å². The van der Waals surface area contributed by atoms with E-state index >= 15 is 0 Å². The maximum absolute atomic E-state index is 5.76. The molecule has 2 N–H and O–H groups in total. The molecule has 0 atom stereocenters. The molecule has 0 radical (unpaired) electrons. The van der Waals surface area contributed by atoms with Gasteiger partial charge in [0.25, 0.3) is 0 Å². The van der Waals surface area contributed by atoms with Crippen molar-refractivity contribution in [3.8, 4) is 0 Å². The van der Waals surface area contributed by atoms with Crippen LogP contribution in [0.3, 0.4) is 0 Å². The van der Waals surface area contributed by atoms with E-state index in [1.54, 1.807) is 12.2 Å². The van der Waals surface area contributed by atoms with Crippen molar-refractivity contribution in [1.82, 2.24) is 20.8 Å². The Hall–Kier alpha value is -1.22. The van der Waals surface area contributed by atoms with Gasteiger partial charge in [0.1, 0.15) is 18.2 Å². The zero-order valence-electron chi connectivity index (χ0n) is 12.8. The summed E-state index contributed by atoms with van der Waals surface area (Å²) in [5, 5.41) is 4.65. The van der Waals surface area contributed by atoms with Crippen LogP contribution in [-0.2, 0) is 17.1 Å². The van der Waals surface area contributed by atoms with Crippen LogP contribution in [0.25, 0.3) is 0 Å². The van der Waals surface area contributed by atoms with Crippen molar-refractivity contribution in [1.29, 1.82) is 0 Å². The second-order valence-corrected chi connectivity index (χ2v) is 6.01. The second kappa shape index (κ2) is 8.28. The van der Waals surface area contributed by atoms with Crippen LogP contribution in [0.2, 0.25) is 0 Å². The lowest BCUT2D eigenvalue weighted by molar-refractivity contribution is -0.0906. The third-order valence-electron chi connectivity index (χ3n) is 2.74. The molecule has 118 valence electrons. The van der Waals surface area contributed by atoms with Gasteiger partial charge in [-0.2, -0.15) is 11.8 Å². The van der Waals surface area contributed by atoms with Crippen LogP contribution < -0.4 is 10.7 Å². The highest BCUT2D eigenvalue weighted by Gasteiger charge is 2.16. The molecule has 0 saturated carbocycles. The smallest absolute Gasteiger partial charge is 0.308 e. The Labute approximate surface area is 129 Å². The molecule has 1 fully saturated rings. The fourth-order valence-electron chi connectivity index (χ4n) is 1.83. The third-order valence-corrected chi connectivity index (χ3v) is 3.72. The van der Waals surface area contributed by atoms with Gasteiger partial charge in [0, 0.05) is 19.3 Å². The van der Waals surface area contributed by atoms with Crippen LogP contribution in [0.1, 0.15) is 11.5 Å². The molecule has 1 aliphatic heterocycles. The second-order valence-electron chi connectivity index (χ2n) is 4.90. The average Bonchev–Trinajstić information content (AvgIpc) is 3.07. The van der Waals surface area contributed by atoms with Crippen LogP contribution in [0.5, 0.6) is 0 Å². The summed E-state index contributed by atoms with van der Waals surface area (Å²) in [4.78, 5) is 11.4. The molecule has 2 rings (SSSR count). The van der Waals surface area contributed by atoms with Gasteiger partial charge >= 0.3 is 6.02 Å². The summed E-state index contributed by atoms with van der Waals surface area (Å²) in [6.07, 6.45) is 0. The van der Waals surface area contributed by atoms with Crippen molar-refractivity contribution in [2.45, 2.75) is 12.3 Å². The van der Waals surface area contributed by atoms with E-state index in [-0.39, 0.29) is 0 Å². The molecule has 1 saturated heterocycles. The standard InChI is InChI=1S/C13H23N5O2S/c1-14-13-15-10-18(20-13)16-6-7-21-9-12-5-4-11(19-12)8-17(2)3/h4-5,16H,6-10H2,1-3H3,(H,14,15). The maximum Gasteiger partial charge on any atom is 0.308 e. The Kier molecular flexibility index (Phi) is 6.37. The number of nitrogens with one attached hydrogen (secondary N) is 2. The number of hydrazine groups is 1. The lowest BCUT2D eigenvalue weighted by Gasteiger charge is -2.12. The summed E-state index contributed by atoms with van der Waals surface area (Å²) < 4.78 is 5.76. The summed E-state index contributed by atoms with van der Waals surface area (Å²) in [7, 11) is 5.76. The fourth-order valence-corrected chi connectivity index (χ4v) is 2.56. The molecule has 1 aromatic rings. The number of rotatable bonds is 8. The zero-order valence-corrected chi connectivity index (χ0v) is 13.6. The Balaban J connectivity index is 1.56. The van der Waals surface area contributed by atoms with E-state index in [1.165, 1.54) is 0 Å². The quantitative estimate of drug-likeness (QED) is 0.690. The molecule has 0 spiro atoms. The number of hydrogen-bond donors (Lipinski definition) is 2. The largest absolute Gasteiger partial charge is 0.464 e. The first-order chi connectivity index (χ1) is 10.2. The Morgan fingerprint density at radius 3 is 2.95 bits per heavy atom. The fraction of sp³-hybridized carbons (Fsp3) is 0.615. The van der Waals surface area contributed by atoms with E-state index in [9.17, 15) is 0 Å². The first-order valence-corrected chi connectivity index (χ1v) is 8.02.